The van der Waals surface area contributed by atoms with Crippen LogP contribution in [0.1, 0.15) is 5.56 Å². The largest absolute Gasteiger partial charge is 0.481 e. The van der Waals surface area contributed by atoms with Gasteiger partial charge in [-0.05, 0) is 24.3 Å². The van der Waals surface area contributed by atoms with E-state index in [1.54, 1.807) is 12.1 Å². The molecule has 1 N–H and O–H groups in total. The molecule has 0 fully saturated rings. The van der Waals surface area contributed by atoms with Gasteiger partial charge < -0.3 is 5.11 Å². The van der Waals surface area contributed by atoms with E-state index < -0.39 is 5.97 Å². The van der Waals surface area contributed by atoms with E-state index in [4.69, 9.17) is 5.11 Å². The number of hydrogen-bond acceptors (Lipinski definition) is 5. The van der Waals surface area contributed by atoms with Crippen molar-refractivity contribution in [1.29, 1.82) is 5.26 Å². The molecule has 0 aliphatic heterocycles. The summed E-state index contributed by atoms with van der Waals surface area (Å²) in [5, 5.41) is 26.8. The maximum absolute atomic E-state index is 10.8. The van der Waals surface area contributed by atoms with Crippen molar-refractivity contribution >= 4 is 28.8 Å². The van der Waals surface area contributed by atoms with Crippen LogP contribution in [-0.4, -0.2) is 31.8 Å². The molecule has 0 radical (unpaired) electrons. The summed E-state index contributed by atoms with van der Waals surface area (Å²) in [5.74, 6) is -1.08. The topological polar surface area (TPSA) is 91.8 Å². The molecule has 0 aliphatic carbocycles. The summed E-state index contributed by atoms with van der Waals surface area (Å²) in [4.78, 5) is 12.8. The van der Waals surface area contributed by atoms with E-state index in [9.17, 15) is 10.1 Å². The number of aromatic nitrogens is 3. The highest BCUT2D eigenvalue weighted by Crippen LogP contribution is 2.29. The van der Waals surface area contributed by atoms with Gasteiger partial charge in [-0.1, -0.05) is 18.2 Å². The minimum absolute atomic E-state index is 0.133. The average Bonchev–Trinajstić information content (AvgIpc) is 2.97. The van der Waals surface area contributed by atoms with E-state index >= 15 is 0 Å². The number of carboxylic acids is 1. The summed E-state index contributed by atoms with van der Waals surface area (Å²) in [6.07, 6.45) is 0. The zero-order chi connectivity index (χ0) is 15.5. The molecule has 1 heterocycles. The van der Waals surface area contributed by atoms with Gasteiger partial charge in [-0.15, -0.1) is 22.0 Å². The maximum Gasteiger partial charge on any atom is 0.313 e. The molecule has 3 rings (SSSR count). The van der Waals surface area contributed by atoms with Crippen molar-refractivity contribution < 1.29 is 9.90 Å². The van der Waals surface area contributed by atoms with E-state index in [2.05, 4.69) is 16.3 Å². The van der Waals surface area contributed by atoms with Gasteiger partial charge in [0.05, 0.1) is 21.9 Å². The third-order valence-corrected chi connectivity index (χ3v) is 4.05. The van der Waals surface area contributed by atoms with Crippen molar-refractivity contribution in [2.24, 2.45) is 0 Å². The standard InChI is InChI=1S/C15H10N4O2S/c16-8-10-6-7-12-14(15(10)22-9-13(20)21)18-19(17-12)11-4-2-1-3-5-11/h1-7H,9H2,(H,20,21). The summed E-state index contributed by atoms with van der Waals surface area (Å²) in [6.45, 7) is 0. The normalized spacial score (nSPS) is 10.5. The molecule has 7 heteroatoms. The molecule has 6 nitrogen and oxygen atoms in total. The fourth-order valence-electron chi connectivity index (χ4n) is 2.00. The molecule has 0 spiro atoms. The maximum atomic E-state index is 10.8. The van der Waals surface area contributed by atoms with Gasteiger partial charge in [0.2, 0.25) is 0 Å². The van der Waals surface area contributed by atoms with Crippen LogP contribution in [0.3, 0.4) is 0 Å². The van der Waals surface area contributed by atoms with Crippen LogP contribution in [0.5, 0.6) is 0 Å². The Kier molecular flexibility index (Phi) is 3.76. The number of nitriles is 1. The molecule has 0 bridgehead atoms. The summed E-state index contributed by atoms with van der Waals surface area (Å²) >= 11 is 1.08. The molecule has 108 valence electrons. The first-order chi connectivity index (χ1) is 10.7. The van der Waals surface area contributed by atoms with Gasteiger partial charge >= 0.3 is 5.97 Å². The zero-order valence-corrected chi connectivity index (χ0v) is 12.1. The van der Waals surface area contributed by atoms with Crippen molar-refractivity contribution in [3.05, 3.63) is 48.0 Å². The lowest BCUT2D eigenvalue weighted by molar-refractivity contribution is -0.133. The molecular formula is C15H10N4O2S. The van der Waals surface area contributed by atoms with Crippen LogP contribution in [0.2, 0.25) is 0 Å². The van der Waals surface area contributed by atoms with E-state index in [1.165, 1.54) is 4.80 Å². The molecule has 0 aliphatic rings. The second-order valence-electron chi connectivity index (χ2n) is 4.43. The molecular weight excluding hydrogens is 300 g/mol. The van der Waals surface area contributed by atoms with Crippen molar-refractivity contribution in [2.75, 3.05) is 5.75 Å². The fraction of sp³-hybridized carbons (Fsp3) is 0.0667. The lowest BCUT2D eigenvalue weighted by Crippen LogP contribution is -1.99. The van der Waals surface area contributed by atoms with Crippen LogP contribution in [0.4, 0.5) is 0 Å². The first-order valence-corrected chi connectivity index (χ1v) is 7.38. The molecule has 0 unspecified atom stereocenters. The number of carboxylic acid groups (broad SMARTS) is 1. The molecule has 22 heavy (non-hydrogen) atoms. The smallest absolute Gasteiger partial charge is 0.313 e. The monoisotopic (exact) mass is 310 g/mol. The number of rotatable bonds is 4. The van der Waals surface area contributed by atoms with Crippen LogP contribution in [-0.2, 0) is 4.79 Å². The van der Waals surface area contributed by atoms with E-state index in [0.717, 1.165) is 17.4 Å². The highest BCUT2D eigenvalue weighted by Gasteiger charge is 2.15. The second kappa shape index (κ2) is 5.87. The number of hydrogen-bond donors (Lipinski definition) is 1. The number of aliphatic carboxylic acids is 1. The van der Waals surface area contributed by atoms with Gasteiger partial charge in [0.25, 0.3) is 0 Å². The molecule has 0 atom stereocenters. The summed E-state index contributed by atoms with van der Waals surface area (Å²) in [5.41, 5.74) is 2.36. The minimum Gasteiger partial charge on any atom is -0.481 e. The Balaban J connectivity index is 2.13. The van der Waals surface area contributed by atoms with Crippen molar-refractivity contribution in [3.8, 4) is 11.8 Å². The summed E-state index contributed by atoms with van der Waals surface area (Å²) in [6, 6.07) is 14.8. The quantitative estimate of drug-likeness (QED) is 0.744. The molecule has 1 aromatic heterocycles. The molecule has 0 saturated carbocycles. The summed E-state index contributed by atoms with van der Waals surface area (Å²) < 4.78 is 0. The zero-order valence-electron chi connectivity index (χ0n) is 11.3. The number of nitrogens with zero attached hydrogens (tertiary/aromatic N) is 4. The van der Waals surface area contributed by atoms with Crippen LogP contribution < -0.4 is 0 Å². The minimum atomic E-state index is -0.943. The number of para-hydroxylation sites is 1. The molecule has 0 amide bonds. The number of fused-ring (bicyclic) bond motifs is 1. The van der Waals surface area contributed by atoms with Gasteiger partial charge in [-0.3, -0.25) is 4.79 Å². The fourth-order valence-corrected chi connectivity index (χ4v) is 2.82. The Morgan fingerprint density at radius 2 is 2.00 bits per heavy atom. The van der Waals surface area contributed by atoms with Crippen molar-refractivity contribution in [2.45, 2.75) is 4.90 Å². The Hall–Kier alpha value is -2.85. The Labute approximate surface area is 130 Å². The summed E-state index contributed by atoms with van der Waals surface area (Å²) in [7, 11) is 0. The van der Waals surface area contributed by atoms with E-state index in [1.807, 2.05) is 30.3 Å². The van der Waals surface area contributed by atoms with Gasteiger partial charge in [0, 0.05) is 0 Å². The average molecular weight is 310 g/mol. The SMILES string of the molecule is N#Cc1ccc2nn(-c3ccccc3)nc2c1SCC(=O)O. The highest BCUT2D eigenvalue weighted by atomic mass is 32.2. The van der Waals surface area contributed by atoms with E-state index in [0.29, 0.717) is 21.5 Å². The second-order valence-corrected chi connectivity index (χ2v) is 5.41. The molecule has 2 aromatic carbocycles. The van der Waals surface area contributed by atoms with Crippen molar-refractivity contribution in [3.63, 3.8) is 0 Å². The Morgan fingerprint density at radius 3 is 2.68 bits per heavy atom. The highest BCUT2D eigenvalue weighted by molar-refractivity contribution is 8.00. The van der Waals surface area contributed by atoms with E-state index in [-0.39, 0.29) is 5.75 Å². The first-order valence-electron chi connectivity index (χ1n) is 6.39. The predicted molar refractivity (Wildman–Crippen MR) is 81.9 cm³/mol. The third kappa shape index (κ3) is 2.64. The van der Waals surface area contributed by atoms with Gasteiger partial charge in [-0.2, -0.15) is 10.1 Å². The Morgan fingerprint density at radius 1 is 1.23 bits per heavy atom. The predicted octanol–water partition coefficient (Wildman–Crippen LogP) is 2.47. The Bertz CT molecular complexity index is 884. The van der Waals surface area contributed by atoms with Gasteiger partial charge in [0.15, 0.2) is 0 Å². The third-order valence-electron chi connectivity index (χ3n) is 2.95. The molecule has 3 aromatic rings. The number of carbonyl (C=O) groups is 1. The number of benzene rings is 2. The van der Waals surface area contributed by atoms with Crippen molar-refractivity contribution in [1.82, 2.24) is 15.0 Å². The first kappa shape index (κ1) is 14.1. The van der Waals surface area contributed by atoms with Crippen LogP contribution in [0.15, 0.2) is 47.4 Å². The lowest BCUT2D eigenvalue weighted by atomic mass is 10.2. The van der Waals surface area contributed by atoms with Gasteiger partial charge in [0.1, 0.15) is 17.1 Å². The lowest BCUT2D eigenvalue weighted by Gasteiger charge is -2.01. The van der Waals surface area contributed by atoms with Crippen LogP contribution >= 0.6 is 11.8 Å². The van der Waals surface area contributed by atoms with Crippen LogP contribution in [0, 0.1) is 11.3 Å². The molecule has 0 saturated heterocycles. The van der Waals surface area contributed by atoms with Crippen LogP contribution in [0.25, 0.3) is 16.7 Å². The number of thioether (sulfide) groups is 1. The van der Waals surface area contributed by atoms with Gasteiger partial charge in [-0.25, -0.2) is 0 Å².